The number of nitrogens with zero attached hydrogens (tertiary/aromatic N) is 3. The van der Waals surface area contributed by atoms with Gasteiger partial charge in [-0.3, -0.25) is 19.0 Å². The zero-order chi connectivity index (χ0) is 23.6. The molecule has 3 aromatic heterocycles. The molecule has 1 aromatic carbocycles. The van der Waals surface area contributed by atoms with E-state index in [1.165, 1.54) is 6.20 Å². The summed E-state index contributed by atoms with van der Waals surface area (Å²) in [5, 5.41) is 0. The van der Waals surface area contributed by atoms with E-state index in [9.17, 15) is 22.8 Å². The van der Waals surface area contributed by atoms with Crippen LogP contribution in [0.25, 0.3) is 28.2 Å². The van der Waals surface area contributed by atoms with Crippen molar-refractivity contribution in [1.82, 2.24) is 14.4 Å². The SMILES string of the molecule is NC(=O)c1ccc(-c2ccn3c(-c4cccc(CC(=O)CCC(F)(F)F)c4)cnc3c2)nc1. The molecule has 4 aromatic rings. The number of carbonyl (C=O) groups is 2. The van der Waals surface area contributed by atoms with Crippen LogP contribution in [0.15, 0.2) is 67.1 Å². The first-order valence-corrected chi connectivity index (χ1v) is 10.1. The van der Waals surface area contributed by atoms with E-state index in [1.54, 1.807) is 36.5 Å². The molecule has 0 bridgehead atoms. The van der Waals surface area contributed by atoms with Crippen molar-refractivity contribution in [1.29, 1.82) is 0 Å². The maximum atomic E-state index is 12.4. The third kappa shape index (κ3) is 5.25. The van der Waals surface area contributed by atoms with Gasteiger partial charge < -0.3 is 5.73 Å². The summed E-state index contributed by atoms with van der Waals surface area (Å²) < 4.78 is 38.9. The molecule has 3 heterocycles. The van der Waals surface area contributed by atoms with E-state index in [0.717, 1.165) is 16.8 Å². The number of Topliss-reactive ketones (excluding diaryl/α,β-unsaturated/α-hetero) is 1. The number of nitrogens with two attached hydrogens (primary N) is 1. The first-order valence-electron chi connectivity index (χ1n) is 10.1. The molecular formula is C24H19F3N4O2. The molecule has 168 valence electrons. The lowest BCUT2D eigenvalue weighted by molar-refractivity contribution is -0.143. The van der Waals surface area contributed by atoms with E-state index in [-0.39, 0.29) is 6.42 Å². The van der Waals surface area contributed by atoms with E-state index in [0.29, 0.717) is 22.5 Å². The Morgan fingerprint density at radius 2 is 1.79 bits per heavy atom. The van der Waals surface area contributed by atoms with Gasteiger partial charge in [0.05, 0.1) is 29.6 Å². The number of halogens is 3. The van der Waals surface area contributed by atoms with Crippen molar-refractivity contribution in [3.8, 4) is 22.5 Å². The first kappa shape index (κ1) is 22.2. The maximum absolute atomic E-state index is 12.4. The Balaban J connectivity index is 1.56. The van der Waals surface area contributed by atoms with E-state index >= 15 is 0 Å². The molecule has 0 saturated heterocycles. The van der Waals surface area contributed by atoms with E-state index in [1.807, 2.05) is 28.8 Å². The Hall–Kier alpha value is -4.01. The number of primary amides is 1. The molecule has 0 fully saturated rings. The molecule has 0 aliphatic carbocycles. The number of imidazole rings is 1. The van der Waals surface area contributed by atoms with E-state index in [2.05, 4.69) is 9.97 Å². The van der Waals surface area contributed by atoms with Gasteiger partial charge >= 0.3 is 6.18 Å². The van der Waals surface area contributed by atoms with Crippen LogP contribution in [-0.4, -0.2) is 32.2 Å². The molecule has 1 amide bonds. The molecule has 0 saturated carbocycles. The quantitative estimate of drug-likeness (QED) is 0.443. The lowest BCUT2D eigenvalue weighted by atomic mass is 10.0. The molecule has 0 spiro atoms. The second-order valence-corrected chi connectivity index (χ2v) is 7.61. The lowest BCUT2D eigenvalue weighted by Crippen LogP contribution is -2.12. The van der Waals surface area contributed by atoms with Gasteiger partial charge in [0.15, 0.2) is 0 Å². The van der Waals surface area contributed by atoms with Crippen molar-refractivity contribution >= 4 is 17.3 Å². The molecule has 0 aliphatic rings. The summed E-state index contributed by atoms with van der Waals surface area (Å²) in [6, 6.07) is 14.1. The van der Waals surface area contributed by atoms with Gasteiger partial charge in [0.2, 0.25) is 5.91 Å². The van der Waals surface area contributed by atoms with Gasteiger partial charge in [-0.25, -0.2) is 4.98 Å². The van der Waals surface area contributed by atoms with Crippen LogP contribution in [0.3, 0.4) is 0 Å². The number of carbonyl (C=O) groups excluding carboxylic acids is 2. The average Bonchev–Trinajstić information content (AvgIpc) is 3.21. The molecule has 0 radical (unpaired) electrons. The number of ketones is 1. The molecule has 6 nitrogen and oxygen atoms in total. The predicted octanol–water partition coefficient (Wildman–Crippen LogP) is 4.62. The normalized spacial score (nSPS) is 11.6. The predicted molar refractivity (Wildman–Crippen MR) is 116 cm³/mol. The van der Waals surface area contributed by atoms with Crippen LogP contribution in [0, 0.1) is 0 Å². The number of pyridine rings is 2. The smallest absolute Gasteiger partial charge is 0.366 e. The minimum atomic E-state index is -4.34. The number of hydrogen-bond donors (Lipinski definition) is 1. The van der Waals surface area contributed by atoms with Crippen molar-refractivity contribution in [2.75, 3.05) is 0 Å². The van der Waals surface area contributed by atoms with Crippen molar-refractivity contribution in [2.24, 2.45) is 5.73 Å². The average molecular weight is 452 g/mol. The number of aromatic nitrogens is 3. The molecule has 0 aliphatic heterocycles. The van der Waals surface area contributed by atoms with Crippen molar-refractivity contribution in [3.05, 3.63) is 78.2 Å². The maximum Gasteiger partial charge on any atom is 0.389 e. The fraction of sp³-hybridized carbons (Fsp3) is 0.167. The Kier molecular flexibility index (Phi) is 5.95. The Bertz CT molecular complexity index is 1330. The van der Waals surface area contributed by atoms with Gasteiger partial charge in [-0.15, -0.1) is 0 Å². The number of amides is 1. The van der Waals surface area contributed by atoms with Gasteiger partial charge in [-0.2, -0.15) is 13.2 Å². The monoisotopic (exact) mass is 452 g/mol. The molecular weight excluding hydrogens is 433 g/mol. The number of rotatable bonds is 7. The van der Waals surface area contributed by atoms with Crippen LogP contribution in [-0.2, 0) is 11.2 Å². The van der Waals surface area contributed by atoms with Crippen LogP contribution in [0.4, 0.5) is 13.2 Å². The Morgan fingerprint density at radius 3 is 2.48 bits per heavy atom. The lowest BCUT2D eigenvalue weighted by Gasteiger charge is -2.08. The van der Waals surface area contributed by atoms with E-state index in [4.69, 9.17) is 5.73 Å². The minimum absolute atomic E-state index is 0.0578. The zero-order valence-corrected chi connectivity index (χ0v) is 17.3. The third-order valence-corrected chi connectivity index (χ3v) is 5.17. The fourth-order valence-corrected chi connectivity index (χ4v) is 3.50. The third-order valence-electron chi connectivity index (χ3n) is 5.17. The topological polar surface area (TPSA) is 90.3 Å². The van der Waals surface area contributed by atoms with Gasteiger partial charge in [-0.1, -0.05) is 18.2 Å². The first-order chi connectivity index (χ1) is 15.7. The van der Waals surface area contributed by atoms with Crippen LogP contribution in [0.1, 0.15) is 28.8 Å². The fourth-order valence-electron chi connectivity index (χ4n) is 3.50. The second-order valence-electron chi connectivity index (χ2n) is 7.61. The van der Waals surface area contributed by atoms with Gasteiger partial charge in [-0.05, 0) is 35.9 Å². The zero-order valence-electron chi connectivity index (χ0n) is 17.3. The molecule has 4 rings (SSSR count). The van der Waals surface area contributed by atoms with Gasteiger partial charge in [0.1, 0.15) is 11.4 Å². The molecule has 9 heteroatoms. The number of benzene rings is 1. The summed E-state index contributed by atoms with van der Waals surface area (Å²) in [6.45, 7) is 0. The summed E-state index contributed by atoms with van der Waals surface area (Å²) in [5.41, 5.74) is 9.90. The van der Waals surface area contributed by atoms with E-state index < -0.39 is 30.7 Å². The summed E-state index contributed by atoms with van der Waals surface area (Å²) in [5.74, 6) is -1.01. The van der Waals surface area contributed by atoms with Crippen LogP contribution in [0.5, 0.6) is 0 Å². The number of hydrogen-bond acceptors (Lipinski definition) is 4. The minimum Gasteiger partial charge on any atom is -0.366 e. The summed E-state index contributed by atoms with van der Waals surface area (Å²) in [6.07, 6.45) is -1.10. The second kappa shape index (κ2) is 8.85. The standard InChI is InChI=1S/C24H19F3N4O2/c25-24(26,27)8-6-19(32)11-15-2-1-3-17(10-15)21-14-30-22-12-16(7-9-31(21)22)20-5-4-18(13-29-20)23(28)33/h1-5,7,9-10,12-14H,6,8,11H2,(H2,28,33). The van der Waals surface area contributed by atoms with Gasteiger partial charge in [0, 0.05) is 36.4 Å². The largest absolute Gasteiger partial charge is 0.389 e. The van der Waals surface area contributed by atoms with Crippen molar-refractivity contribution in [3.63, 3.8) is 0 Å². The molecule has 33 heavy (non-hydrogen) atoms. The number of fused-ring (bicyclic) bond motifs is 1. The molecule has 0 unspecified atom stereocenters. The summed E-state index contributed by atoms with van der Waals surface area (Å²) >= 11 is 0. The van der Waals surface area contributed by atoms with Crippen molar-refractivity contribution in [2.45, 2.75) is 25.4 Å². The van der Waals surface area contributed by atoms with Crippen LogP contribution >= 0.6 is 0 Å². The van der Waals surface area contributed by atoms with Gasteiger partial charge in [0.25, 0.3) is 0 Å². The van der Waals surface area contributed by atoms with Crippen LogP contribution in [0.2, 0.25) is 0 Å². The highest BCUT2D eigenvalue weighted by Gasteiger charge is 2.27. The highest BCUT2D eigenvalue weighted by molar-refractivity contribution is 5.92. The van der Waals surface area contributed by atoms with Crippen LogP contribution < -0.4 is 5.73 Å². The molecule has 0 atom stereocenters. The Morgan fingerprint density at radius 1 is 0.970 bits per heavy atom. The number of alkyl halides is 3. The molecule has 2 N–H and O–H groups in total. The highest BCUT2D eigenvalue weighted by atomic mass is 19.4. The Labute approximate surface area is 186 Å². The highest BCUT2D eigenvalue weighted by Crippen LogP contribution is 2.26. The summed E-state index contributed by atoms with van der Waals surface area (Å²) in [4.78, 5) is 31.9. The summed E-state index contributed by atoms with van der Waals surface area (Å²) in [7, 11) is 0. The van der Waals surface area contributed by atoms with Crippen molar-refractivity contribution < 1.29 is 22.8 Å².